The Balaban J connectivity index is 3.77. The van der Waals surface area contributed by atoms with Gasteiger partial charge in [-0.1, -0.05) is 6.92 Å². The van der Waals surface area contributed by atoms with Crippen molar-refractivity contribution in [2.24, 2.45) is 0 Å². The highest BCUT2D eigenvalue weighted by Gasteiger charge is 2.08. The second-order valence-electron chi connectivity index (χ2n) is 3.95. The lowest BCUT2D eigenvalue weighted by molar-refractivity contribution is -0.129. The zero-order valence-electron chi connectivity index (χ0n) is 11.1. The Kier molecular flexibility index (Phi) is 9.43. The maximum absolute atomic E-state index is 11.3. The van der Waals surface area contributed by atoms with Crippen LogP contribution in [-0.4, -0.2) is 50.1 Å². The van der Waals surface area contributed by atoms with Crippen LogP contribution in [0, 0.1) is 0 Å². The summed E-state index contributed by atoms with van der Waals surface area (Å²) in [7, 11) is 1.64. The Labute approximate surface area is 103 Å². The van der Waals surface area contributed by atoms with E-state index in [1.165, 1.54) is 0 Å². The predicted octanol–water partition coefficient (Wildman–Crippen LogP) is 0.788. The fourth-order valence-corrected chi connectivity index (χ4v) is 1.47. The van der Waals surface area contributed by atoms with Gasteiger partial charge < -0.3 is 15.0 Å². The van der Waals surface area contributed by atoms with Crippen molar-refractivity contribution in [1.82, 2.24) is 10.2 Å². The van der Waals surface area contributed by atoms with Crippen molar-refractivity contribution in [1.29, 1.82) is 0 Å². The second-order valence-corrected chi connectivity index (χ2v) is 3.95. The summed E-state index contributed by atoms with van der Waals surface area (Å²) in [5, 5.41) is 2.80. The Hall–Kier alpha value is -1.10. The first-order chi connectivity index (χ1) is 8.11. The Morgan fingerprint density at radius 1 is 1.29 bits per heavy atom. The van der Waals surface area contributed by atoms with Gasteiger partial charge in [0.15, 0.2) is 0 Å². The summed E-state index contributed by atoms with van der Waals surface area (Å²) < 4.78 is 4.94. The molecule has 2 amide bonds. The van der Waals surface area contributed by atoms with E-state index in [1.54, 1.807) is 18.9 Å². The quantitative estimate of drug-likeness (QED) is 0.610. The third-order valence-corrected chi connectivity index (χ3v) is 2.40. The summed E-state index contributed by atoms with van der Waals surface area (Å²) in [5.74, 6) is 0.0822. The standard InChI is InChI=1S/C12H24N2O3/c1-4-6-12(16)13-7-9-14(11(2)15)8-5-10-17-3/h4-10H2,1-3H3,(H,13,16). The highest BCUT2D eigenvalue weighted by Crippen LogP contribution is 1.93. The van der Waals surface area contributed by atoms with Gasteiger partial charge in [0.2, 0.25) is 11.8 Å². The van der Waals surface area contributed by atoms with Crippen molar-refractivity contribution in [2.75, 3.05) is 33.4 Å². The summed E-state index contributed by atoms with van der Waals surface area (Å²) >= 11 is 0. The number of rotatable bonds is 9. The van der Waals surface area contributed by atoms with E-state index in [4.69, 9.17) is 4.74 Å². The van der Waals surface area contributed by atoms with Gasteiger partial charge in [-0.2, -0.15) is 0 Å². The van der Waals surface area contributed by atoms with Crippen LogP contribution in [0.2, 0.25) is 0 Å². The van der Waals surface area contributed by atoms with Crippen LogP contribution < -0.4 is 5.32 Å². The minimum Gasteiger partial charge on any atom is -0.385 e. The Bertz CT molecular complexity index is 232. The zero-order valence-corrected chi connectivity index (χ0v) is 11.1. The van der Waals surface area contributed by atoms with Gasteiger partial charge in [-0.25, -0.2) is 0 Å². The molecule has 0 bridgehead atoms. The van der Waals surface area contributed by atoms with Gasteiger partial charge in [0.25, 0.3) is 0 Å². The third kappa shape index (κ3) is 8.68. The molecule has 100 valence electrons. The van der Waals surface area contributed by atoms with Gasteiger partial charge in [0.05, 0.1) is 0 Å². The molecule has 0 atom stereocenters. The summed E-state index contributed by atoms with van der Waals surface area (Å²) in [6.45, 7) is 5.91. The molecule has 0 fully saturated rings. The van der Waals surface area contributed by atoms with Crippen molar-refractivity contribution < 1.29 is 14.3 Å². The lowest BCUT2D eigenvalue weighted by Crippen LogP contribution is -2.38. The van der Waals surface area contributed by atoms with Gasteiger partial charge >= 0.3 is 0 Å². The Morgan fingerprint density at radius 3 is 2.53 bits per heavy atom. The highest BCUT2D eigenvalue weighted by molar-refractivity contribution is 5.76. The van der Waals surface area contributed by atoms with Crippen molar-refractivity contribution >= 4 is 11.8 Å². The molecule has 0 rings (SSSR count). The summed E-state index contributed by atoms with van der Waals surface area (Å²) in [4.78, 5) is 24.3. The molecule has 0 unspecified atom stereocenters. The molecule has 1 N–H and O–H groups in total. The van der Waals surface area contributed by atoms with E-state index in [1.807, 2.05) is 6.92 Å². The van der Waals surface area contributed by atoms with E-state index in [0.29, 0.717) is 32.7 Å². The average molecular weight is 244 g/mol. The fraction of sp³-hybridized carbons (Fsp3) is 0.833. The number of ether oxygens (including phenoxy) is 1. The molecule has 0 heterocycles. The Morgan fingerprint density at radius 2 is 2.00 bits per heavy atom. The number of nitrogens with zero attached hydrogens (tertiary/aromatic N) is 1. The number of methoxy groups -OCH3 is 1. The molecule has 0 aliphatic carbocycles. The van der Waals surface area contributed by atoms with Gasteiger partial charge in [0, 0.05) is 46.7 Å². The molecule has 0 aromatic heterocycles. The number of amides is 2. The average Bonchev–Trinajstić information content (AvgIpc) is 2.27. The molecule has 0 radical (unpaired) electrons. The van der Waals surface area contributed by atoms with E-state index >= 15 is 0 Å². The molecule has 0 saturated carbocycles. The number of nitrogens with one attached hydrogen (secondary N) is 1. The topological polar surface area (TPSA) is 58.6 Å². The normalized spacial score (nSPS) is 10.1. The minimum atomic E-state index is 0.0332. The first-order valence-corrected chi connectivity index (χ1v) is 6.13. The first-order valence-electron chi connectivity index (χ1n) is 6.13. The smallest absolute Gasteiger partial charge is 0.220 e. The monoisotopic (exact) mass is 244 g/mol. The number of carbonyl (C=O) groups excluding carboxylic acids is 2. The summed E-state index contributed by atoms with van der Waals surface area (Å²) in [5.41, 5.74) is 0. The molecular formula is C12H24N2O3. The largest absolute Gasteiger partial charge is 0.385 e. The molecule has 0 aliphatic rings. The second kappa shape index (κ2) is 10.1. The SMILES string of the molecule is CCCC(=O)NCCN(CCCOC)C(C)=O. The van der Waals surface area contributed by atoms with E-state index in [-0.39, 0.29) is 11.8 Å². The molecule has 0 spiro atoms. The van der Waals surface area contributed by atoms with E-state index in [2.05, 4.69) is 5.32 Å². The highest BCUT2D eigenvalue weighted by atomic mass is 16.5. The van der Waals surface area contributed by atoms with Crippen LogP contribution in [0.15, 0.2) is 0 Å². The summed E-state index contributed by atoms with van der Waals surface area (Å²) in [6.07, 6.45) is 2.21. The van der Waals surface area contributed by atoms with E-state index < -0.39 is 0 Å². The molecule has 0 aromatic carbocycles. The van der Waals surface area contributed by atoms with Crippen LogP contribution in [0.25, 0.3) is 0 Å². The van der Waals surface area contributed by atoms with Crippen LogP contribution in [-0.2, 0) is 14.3 Å². The lowest BCUT2D eigenvalue weighted by Gasteiger charge is -2.21. The molecule has 0 saturated heterocycles. The van der Waals surface area contributed by atoms with Crippen LogP contribution in [0.5, 0.6) is 0 Å². The van der Waals surface area contributed by atoms with Gasteiger partial charge in [-0.3, -0.25) is 9.59 Å². The van der Waals surface area contributed by atoms with Gasteiger partial charge in [0.1, 0.15) is 0 Å². The first kappa shape index (κ1) is 15.9. The zero-order chi connectivity index (χ0) is 13.1. The van der Waals surface area contributed by atoms with Gasteiger partial charge in [-0.15, -0.1) is 0 Å². The van der Waals surface area contributed by atoms with Crippen LogP contribution in [0.4, 0.5) is 0 Å². The molecule has 0 aliphatic heterocycles. The number of carbonyl (C=O) groups is 2. The maximum atomic E-state index is 11.3. The molecule has 17 heavy (non-hydrogen) atoms. The molecule has 5 heteroatoms. The summed E-state index contributed by atoms with van der Waals surface area (Å²) in [6, 6.07) is 0. The van der Waals surface area contributed by atoms with Crippen LogP contribution >= 0.6 is 0 Å². The fourth-order valence-electron chi connectivity index (χ4n) is 1.47. The predicted molar refractivity (Wildman–Crippen MR) is 66.7 cm³/mol. The maximum Gasteiger partial charge on any atom is 0.220 e. The minimum absolute atomic E-state index is 0.0332. The van der Waals surface area contributed by atoms with Gasteiger partial charge in [-0.05, 0) is 12.8 Å². The number of hydrogen-bond acceptors (Lipinski definition) is 3. The van der Waals surface area contributed by atoms with Crippen LogP contribution in [0.1, 0.15) is 33.1 Å². The molecule has 5 nitrogen and oxygen atoms in total. The van der Waals surface area contributed by atoms with Crippen molar-refractivity contribution in [2.45, 2.75) is 33.1 Å². The van der Waals surface area contributed by atoms with Crippen molar-refractivity contribution in [3.05, 3.63) is 0 Å². The third-order valence-electron chi connectivity index (χ3n) is 2.40. The van der Waals surface area contributed by atoms with Crippen molar-refractivity contribution in [3.63, 3.8) is 0 Å². The molecule has 0 aromatic rings. The number of hydrogen-bond donors (Lipinski definition) is 1. The van der Waals surface area contributed by atoms with E-state index in [0.717, 1.165) is 12.8 Å². The van der Waals surface area contributed by atoms with Crippen LogP contribution in [0.3, 0.4) is 0 Å². The lowest BCUT2D eigenvalue weighted by atomic mass is 10.3. The molecular weight excluding hydrogens is 220 g/mol. The van der Waals surface area contributed by atoms with E-state index in [9.17, 15) is 9.59 Å². The van der Waals surface area contributed by atoms with Crippen molar-refractivity contribution in [3.8, 4) is 0 Å².